The lowest BCUT2D eigenvalue weighted by molar-refractivity contribution is -0.198. The first-order valence-corrected chi connectivity index (χ1v) is 11.1. The highest BCUT2D eigenvalue weighted by Crippen LogP contribution is 2.58. The van der Waals surface area contributed by atoms with Crippen LogP contribution >= 0.6 is 0 Å². The van der Waals surface area contributed by atoms with Gasteiger partial charge in [-0.1, -0.05) is 30.4 Å². The van der Waals surface area contributed by atoms with Crippen LogP contribution < -0.4 is 4.74 Å². The van der Waals surface area contributed by atoms with Gasteiger partial charge in [0.2, 0.25) is 0 Å². The van der Waals surface area contributed by atoms with Crippen LogP contribution in [-0.4, -0.2) is 39.7 Å². The summed E-state index contributed by atoms with van der Waals surface area (Å²) < 4.78 is 11.9. The largest absolute Gasteiger partial charge is 0.508 e. The second-order valence-electron chi connectivity index (χ2n) is 8.76. The fraction of sp³-hybridized carbons (Fsp3) is 0.192. The molecule has 2 fully saturated rings. The quantitative estimate of drug-likeness (QED) is 0.489. The Labute approximate surface area is 203 Å². The molecule has 3 atom stereocenters. The van der Waals surface area contributed by atoms with Gasteiger partial charge in [0.15, 0.2) is 11.4 Å². The van der Waals surface area contributed by atoms with Crippen molar-refractivity contribution in [3.63, 3.8) is 0 Å². The molecule has 1 aromatic rings. The highest BCUT2D eigenvalue weighted by atomic mass is 16.7. The number of fused-ring (bicyclic) bond motifs is 6. The third-order valence-corrected chi connectivity index (χ3v) is 6.63. The number of ketones is 1. The van der Waals surface area contributed by atoms with Gasteiger partial charge in [0.05, 0.1) is 17.4 Å². The van der Waals surface area contributed by atoms with Crippen molar-refractivity contribution < 1.29 is 43.4 Å². The van der Waals surface area contributed by atoms with Gasteiger partial charge < -0.3 is 19.4 Å². The smallest absolute Gasteiger partial charge is 0.343 e. The molecular formula is C26H17NO9. The lowest BCUT2D eigenvalue weighted by Crippen LogP contribution is -2.42. The van der Waals surface area contributed by atoms with Gasteiger partial charge in [0, 0.05) is 36.1 Å². The minimum Gasteiger partial charge on any atom is -0.508 e. The molecule has 10 heteroatoms. The molecule has 3 unspecified atom stereocenters. The van der Waals surface area contributed by atoms with Crippen molar-refractivity contribution in [2.24, 2.45) is 11.8 Å². The SMILES string of the molecule is O=C1C=CC2C(=C1)Oc1cc(O)ccc1C21OC(=O)C2=CC(C(=O)ON3C(=O)CCC3=O)C=CC=C21. The van der Waals surface area contributed by atoms with E-state index in [1.54, 1.807) is 24.3 Å². The average molecular weight is 487 g/mol. The maximum absolute atomic E-state index is 13.2. The summed E-state index contributed by atoms with van der Waals surface area (Å²) in [6, 6.07) is 4.38. The molecule has 2 amide bonds. The Balaban J connectivity index is 1.43. The molecule has 180 valence electrons. The van der Waals surface area contributed by atoms with E-state index in [0.29, 0.717) is 16.2 Å². The molecule has 6 rings (SSSR count). The zero-order valence-electron chi connectivity index (χ0n) is 18.5. The van der Waals surface area contributed by atoms with Crippen molar-refractivity contribution in [1.82, 2.24) is 5.06 Å². The number of esters is 1. The molecule has 36 heavy (non-hydrogen) atoms. The second-order valence-corrected chi connectivity index (χ2v) is 8.76. The van der Waals surface area contributed by atoms with Crippen molar-refractivity contribution in [1.29, 1.82) is 0 Å². The first kappa shape index (κ1) is 21.8. The predicted molar refractivity (Wildman–Crippen MR) is 118 cm³/mol. The van der Waals surface area contributed by atoms with E-state index in [1.165, 1.54) is 36.4 Å². The van der Waals surface area contributed by atoms with Crippen LogP contribution in [0.5, 0.6) is 11.5 Å². The molecule has 3 aliphatic heterocycles. The fourth-order valence-corrected chi connectivity index (χ4v) is 5.02. The van der Waals surface area contributed by atoms with Crippen LogP contribution in [0.4, 0.5) is 0 Å². The number of allylic oxidation sites excluding steroid dienone is 4. The Morgan fingerprint density at radius 2 is 1.89 bits per heavy atom. The fourth-order valence-electron chi connectivity index (χ4n) is 5.02. The van der Waals surface area contributed by atoms with Crippen LogP contribution in [0.25, 0.3) is 0 Å². The van der Waals surface area contributed by atoms with Crippen LogP contribution in [0.3, 0.4) is 0 Å². The molecule has 0 saturated carbocycles. The van der Waals surface area contributed by atoms with Gasteiger partial charge in [-0.25, -0.2) is 9.59 Å². The number of benzene rings is 1. The summed E-state index contributed by atoms with van der Waals surface area (Å²) in [6.07, 6.45) is 10.2. The molecule has 10 nitrogen and oxygen atoms in total. The summed E-state index contributed by atoms with van der Waals surface area (Å²) >= 11 is 0. The first-order valence-electron chi connectivity index (χ1n) is 11.1. The number of phenolic OH excluding ortho intramolecular Hbond substituents is 1. The predicted octanol–water partition coefficient (Wildman–Crippen LogP) is 1.82. The lowest BCUT2D eigenvalue weighted by Gasteiger charge is -2.42. The molecule has 1 spiro atoms. The summed E-state index contributed by atoms with van der Waals surface area (Å²) in [6.45, 7) is 0. The van der Waals surface area contributed by atoms with Gasteiger partial charge in [0.1, 0.15) is 17.3 Å². The van der Waals surface area contributed by atoms with Gasteiger partial charge in [-0.05, 0) is 18.2 Å². The molecule has 0 radical (unpaired) electrons. The minimum atomic E-state index is -1.43. The molecule has 5 aliphatic rings. The maximum Gasteiger partial charge on any atom is 0.343 e. The number of ether oxygens (including phenoxy) is 2. The van der Waals surface area contributed by atoms with Gasteiger partial charge in [-0.15, -0.1) is 5.06 Å². The topological polar surface area (TPSA) is 137 Å². The Kier molecular flexibility index (Phi) is 4.62. The maximum atomic E-state index is 13.2. The number of aromatic hydroxyl groups is 1. The summed E-state index contributed by atoms with van der Waals surface area (Å²) in [5.41, 5.74) is -0.478. The van der Waals surface area contributed by atoms with Gasteiger partial charge in [-0.2, -0.15) is 0 Å². The van der Waals surface area contributed by atoms with E-state index in [2.05, 4.69) is 0 Å². The highest BCUT2D eigenvalue weighted by Gasteiger charge is 2.59. The Morgan fingerprint density at radius 3 is 2.67 bits per heavy atom. The number of phenols is 1. The normalized spacial score (nSPS) is 27.9. The van der Waals surface area contributed by atoms with Gasteiger partial charge in [0.25, 0.3) is 11.8 Å². The number of amides is 2. The summed E-state index contributed by atoms with van der Waals surface area (Å²) in [5, 5.41) is 10.5. The van der Waals surface area contributed by atoms with Crippen LogP contribution in [0.15, 0.2) is 77.6 Å². The van der Waals surface area contributed by atoms with Crippen LogP contribution in [0.2, 0.25) is 0 Å². The number of imide groups is 1. The van der Waals surface area contributed by atoms with Crippen LogP contribution in [0.1, 0.15) is 18.4 Å². The van der Waals surface area contributed by atoms with Crippen molar-refractivity contribution in [2.45, 2.75) is 18.4 Å². The van der Waals surface area contributed by atoms with Crippen molar-refractivity contribution >= 4 is 29.5 Å². The third-order valence-electron chi connectivity index (χ3n) is 6.63. The summed E-state index contributed by atoms with van der Waals surface area (Å²) in [4.78, 5) is 66.9. The Hall–Kier alpha value is -4.73. The molecule has 3 heterocycles. The molecule has 1 N–H and O–H groups in total. The number of hydroxylamine groups is 2. The zero-order valence-corrected chi connectivity index (χ0v) is 18.5. The van der Waals surface area contributed by atoms with Crippen molar-refractivity contribution in [3.8, 4) is 11.5 Å². The molecule has 0 aromatic heterocycles. The second kappa shape index (κ2) is 7.64. The van der Waals surface area contributed by atoms with Crippen LogP contribution in [0, 0.1) is 11.8 Å². The number of rotatable bonds is 2. The number of nitrogens with zero attached hydrogens (tertiary/aromatic N) is 1. The monoisotopic (exact) mass is 487 g/mol. The van der Waals surface area contributed by atoms with Crippen LogP contribution in [-0.2, 0) is 39.1 Å². The number of hydrogen-bond acceptors (Lipinski definition) is 9. The van der Waals surface area contributed by atoms with E-state index >= 15 is 0 Å². The number of carbonyl (C=O) groups excluding carboxylic acids is 5. The number of carbonyl (C=O) groups is 5. The summed E-state index contributed by atoms with van der Waals surface area (Å²) in [5.74, 6) is -4.56. The molecule has 2 saturated heterocycles. The summed E-state index contributed by atoms with van der Waals surface area (Å²) in [7, 11) is 0. The Morgan fingerprint density at radius 1 is 1.11 bits per heavy atom. The third kappa shape index (κ3) is 3.07. The van der Waals surface area contributed by atoms with E-state index in [9.17, 15) is 29.1 Å². The average Bonchev–Trinajstić information content (AvgIpc) is 3.17. The van der Waals surface area contributed by atoms with E-state index < -0.39 is 41.2 Å². The minimum absolute atomic E-state index is 0.0431. The number of hydrogen-bond donors (Lipinski definition) is 1. The lowest BCUT2D eigenvalue weighted by atomic mass is 9.70. The highest BCUT2D eigenvalue weighted by molar-refractivity contribution is 6.04. The van der Waals surface area contributed by atoms with E-state index in [-0.39, 0.29) is 41.5 Å². The van der Waals surface area contributed by atoms with Crippen molar-refractivity contribution in [2.75, 3.05) is 0 Å². The molecule has 1 aromatic carbocycles. The molecule has 0 bridgehead atoms. The first-order chi connectivity index (χ1) is 17.3. The molecular weight excluding hydrogens is 470 g/mol. The molecule has 2 aliphatic carbocycles. The van der Waals surface area contributed by atoms with Gasteiger partial charge in [-0.3, -0.25) is 14.4 Å². The van der Waals surface area contributed by atoms with E-state index in [4.69, 9.17) is 14.3 Å². The van der Waals surface area contributed by atoms with E-state index in [0.717, 1.165) is 0 Å². The van der Waals surface area contributed by atoms with Crippen molar-refractivity contribution in [3.05, 3.63) is 83.2 Å². The zero-order chi connectivity index (χ0) is 25.2. The van der Waals surface area contributed by atoms with E-state index in [1.807, 2.05) is 0 Å². The van der Waals surface area contributed by atoms with Gasteiger partial charge >= 0.3 is 11.9 Å². The Bertz CT molecular complexity index is 1430. The standard InChI is InChI=1S/C26H17NO9/c28-14-4-6-18-20(11-14)34-21-12-15(29)5-7-19(21)26(18)17-3-1-2-13(10-16(17)25(33)35-26)24(32)36-27-22(30)8-9-23(27)31/h1-7,10-13,18,29H,8-9H2.